The van der Waals surface area contributed by atoms with E-state index in [0.29, 0.717) is 17.6 Å². The van der Waals surface area contributed by atoms with Gasteiger partial charge in [0.2, 0.25) is 5.95 Å². The molecule has 0 radical (unpaired) electrons. The molecule has 8 heteroatoms. The van der Waals surface area contributed by atoms with Gasteiger partial charge < -0.3 is 10.4 Å². The van der Waals surface area contributed by atoms with Crippen molar-refractivity contribution < 1.29 is 9.50 Å². The first-order valence-electron chi connectivity index (χ1n) is 8.96. The van der Waals surface area contributed by atoms with Crippen LogP contribution in [0.5, 0.6) is 0 Å². The number of aliphatic hydroxyl groups is 1. The van der Waals surface area contributed by atoms with E-state index >= 15 is 0 Å². The van der Waals surface area contributed by atoms with Crippen LogP contribution in [0.2, 0.25) is 0 Å². The minimum absolute atomic E-state index is 0.203. The van der Waals surface area contributed by atoms with Gasteiger partial charge in [0, 0.05) is 13.1 Å². The van der Waals surface area contributed by atoms with E-state index in [-0.39, 0.29) is 17.8 Å². The van der Waals surface area contributed by atoms with Crippen molar-refractivity contribution >= 4 is 5.95 Å². The first-order chi connectivity index (χ1) is 12.1. The number of halogens is 1. The van der Waals surface area contributed by atoms with Crippen molar-refractivity contribution in [2.75, 3.05) is 5.32 Å². The molecule has 0 spiro atoms. The first-order valence-corrected chi connectivity index (χ1v) is 8.96. The molecule has 2 aliphatic carbocycles. The maximum absolute atomic E-state index is 14.4. The highest BCUT2D eigenvalue weighted by Crippen LogP contribution is 2.35. The molecule has 0 aliphatic heterocycles. The zero-order chi connectivity index (χ0) is 17.4. The van der Waals surface area contributed by atoms with Crippen molar-refractivity contribution in [3.63, 3.8) is 0 Å². The van der Waals surface area contributed by atoms with E-state index in [9.17, 15) is 9.50 Å². The normalized spacial score (nSPS) is 23.6. The highest BCUT2D eigenvalue weighted by Gasteiger charge is 2.27. The molecule has 2 saturated carbocycles. The second-order valence-electron chi connectivity index (χ2n) is 7.20. The Hall–Kier alpha value is -2.09. The summed E-state index contributed by atoms with van der Waals surface area (Å²) in [4.78, 5) is 8.45. The summed E-state index contributed by atoms with van der Waals surface area (Å²) in [5, 5.41) is 21.1. The van der Waals surface area contributed by atoms with Crippen LogP contribution >= 0.6 is 0 Å². The minimum Gasteiger partial charge on any atom is -0.393 e. The lowest BCUT2D eigenvalue weighted by atomic mass is 9.93. The Morgan fingerprint density at radius 2 is 1.96 bits per heavy atom. The van der Waals surface area contributed by atoms with Crippen molar-refractivity contribution in [1.82, 2.24) is 25.0 Å². The van der Waals surface area contributed by atoms with Crippen LogP contribution in [0.25, 0.3) is 11.4 Å². The molecule has 4 rings (SSSR count). The molecular formula is C17H23FN6O. The number of nitrogens with one attached hydrogen (secondary N) is 1. The Kier molecular flexibility index (Phi) is 4.37. The summed E-state index contributed by atoms with van der Waals surface area (Å²) in [6.45, 7) is 0. The first kappa shape index (κ1) is 16.4. The van der Waals surface area contributed by atoms with E-state index in [1.807, 2.05) is 7.05 Å². The lowest BCUT2D eigenvalue weighted by Gasteiger charge is -2.26. The third kappa shape index (κ3) is 3.63. The monoisotopic (exact) mass is 346 g/mol. The Morgan fingerprint density at radius 3 is 2.68 bits per heavy atom. The van der Waals surface area contributed by atoms with Gasteiger partial charge in [-0.25, -0.2) is 14.4 Å². The van der Waals surface area contributed by atoms with Crippen molar-refractivity contribution in [2.24, 2.45) is 13.0 Å². The smallest absolute Gasteiger partial charge is 0.223 e. The number of aromatic nitrogens is 5. The average Bonchev–Trinajstić information content (AvgIpc) is 3.35. The predicted octanol–water partition coefficient (Wildman–Crippen LogP) is 2.08. The standard InChI is InChI=1S/C17H23FN6O/c1-24-14(8-10-2-3-10)16(22-23-24)15-13(18)9-19-17(21-15)20-11-4-6-12(25)7-5-11/h9-12,25H,2-8H2,1H3,(H,19,20,21)/t11-,12-. The number of hydrogen-bond acceptors (Lipinski definition) is 6. The van der Waals surface area contributed by atoms with Gasteiger partial charge in [0.05, 0.1) is 18.0 Å². The quantitative estimate of drug-likeness (QED) is 0.862. The zero-order valence-corrected chi connectivity index (χ0v) is 14.3. The molecule has 25 heavy (non-hydrogen) atoms. The predicted molar refractivity (Wildman–Crippen MR) is 90.3 cm³/mol. The van der Waals surface area contributed by atoms with Gasteiger partial charge in [-0.15, -0.1) is 5.10 Å². The second-order valence-corrected chi connectivity index (χ2v) is 7.20. The summed E-state index contributed by atoms with van der Waals surface area (Å²) < 4.78 is 16.1. The zero-order valence-electron chi connectivity index (χ0n) is 14.3. The lowest BCUT2D eigenvalue weighted by Crippen LogP contribution is -2.29. The van der Waals surface area contributed by atoms with Crippen LogP contribution in [0.1, 0.15) is 44.2 Å². The molecule has 7 nitrogen and oxygen atoms in total. The van der Waals surface area contributed by atoms with Crippen LogP contribution < -0.4 is 5.32 Å². The van der Waals surface area contributed by atoms with Crippen LogP contribution in [0.4, 0.5) is 10.3 Å². The number of aliphatic hydroxyl groups excluding tert-OH is 1. The fraction of sp³-hybridized carbons (Fsp3) is 0.647. The Balaban J connectivity index is 1.57. The minimum atomic E-state index is -0.484. The molecule has 2 aliphatic rings. The topological polar surface area (TPSA) is 88.8 Å². The molecule has 0 unspecified atom stereocenters. The summed E-state index contributed by atoms with van der Waals surface area (Å²) in [5.41, 5.74) is 1.64. The van der Waals surface area contributed by atoms with Crippen molar-refractivity contribution in [2.45, 2.75) is 57.1 Å². The molecule has 0 atom stereocenters. The van der Waals surface area contributed by atoms with E-state index in [1.54, 1.807) is 4.68 Å². The molecule has 2 heterocycles. The van der Waals surface area contributed by atoms with Crippen LogP contribution in [-0.4, -0.2) is 42.2 Å². The maximum Gasteiger partial charge on any atom is 0.223 e. The van der Waals surface area contributed by atoms with Crippen LogP contribution in [0.15, 0.2) is 6.20 Å². The van der Waals surface area contributed by atoms with Gasteiger partial charge in [0.1, 0.15) is 11.4 Å². The fourth-order valence-corrected chi connectivity index (χ4v) is 3.39. The maximum atomic E-state index is 14.4. The van der Waals surface area contributed by atoms with Gasteiger partial charge in [-0.05, 0) is 50.9 Å². The molecular weight excluding hydrogens is 323 g/mol. The number of anilines is 1. The van der Waals surface area contributed by atoms with Crippen molar-refractivity contribution in [3.8, 4) is 11.4 Å². The van der Waals surface area contributed by atoms with Crippen molar-refractivity contribution in [3.05, 3.63) is 17.7 Å². The molecule has 0 bridgehead atoms. The van der Waals surface area contributed by atoms with Gasteiger partial charge in [-0.2, -0.15) is 0 Å². The van der Waals surface area contributed by atoms with E-state index in [0.717, 1.165) is 37.8 Å². The molecule has 134 valence electrons. The highest BCUT2D eigenvalue weighted by molar-refractivity contribution is 5.59. The summed E-state index contributed by atoms with van der Waals surface area (Å²) in [5.74, 6) is 0.565. The van der Waals surface area contributed by atoms with Gasteiger partial charge in [-0.3, -0.25) is 4.68 Å². The van der Waals surface area contributed by atoms with Gasteiger partial charge in [0.15, 0.2) is 5.82 Å². The Morgan fingerprint density at radius 1 is 1.20 bits per heavy atom. The molecule has 0 amide bonds. The van der Waals surface area contributed by atoms with Crippen molar-refractivity contribution in [1.29, 1.82) is 0 Å². The number of aryl methyl sites for hydroxylation is 1. The number of hydrogen-bond donors (Lipinski definition) is 2. The van der Waals surface area contributed by atoms with E-state index in [1.165, 1.54) is 19.0 Å². The molecule has 2 aromatic heterocycles. The molecule has 2 fully saturated rings. The summed E-state index contributed by atoms with van der Waals surface area (Å²) >= 11 is 0. The van der Waals surface area contributed by atoms with E-state index in [2.05, 4.69) is 25.6 Å². The summed E-state index contributed by atoms with van der Waals surface area (Å²) in [6, 6.07) is 0.203. The summed E-state index contributed by atoms with van der Waals surface area (Å²) in [6.07, 6.45) is 7.48. The van der Waals surface area contributed by atoms with Gasteiger partial charge >= 0.3 is 0 Å². The summed E-state index contributed by atoms with van der Waals surface area (Å²) in [7, 11) is 1.83. The van der Waals surface area contributed by atoms with Crippen LogP contribution in [0.3, 0.4) is 0 Å². The molecule has 0 saturated heterocycles. The largest absolute Gasteiger partial charge is 0.393 e. The Labute approximate surface area is 145 Å². The highest BCUT2D eigenvalue weighted by atomic mass is 19.1. The second kappa shape index (κ2) is 6.67. The average molecular weight is 346 g/mol. The number of rotatable bonds is 5. The molecule has 0 aromatic carbocycles. The molecule has 2 aromatic rings. The third-order valence-corrected chi connectivity index (χ3v) is 5.12. The van der Waals surface area contributed by atoms with Crippen LogP contribution in [-0.2, 0) is 13.5 Å². The van der Waals surface area contributed by atoms with E-state index in [4.69, 9.17) is 0 Å². The third-order valence-electron chi connectivity index (χ3n) is 5.12. The SMILES string of the molecule is Cn1nnc(-c2nc(N[C@H]3CC[C@H](O)CC3)ncc2F)c1CC1CC1. The number of nitrogens with zero attached hydrogens (tertiary/aromatic N) is 5. The molecule has 2 N–H and O–H groups in total. The van der Waals surface area contributed by atoms with E-state index < -0.39 is 5.82 Å². The lowest BCUT2D eigenvalue weighted by molar-refractivity contribution is 0.126. The van der Waals surface area contributed by atoms with Gasteiger partial charge in [-0.1, -0.05) is 5.21 Å². The Bertz CT molecular complexity index is 752. The van der Waals surface area contributed by atoms with Crippen LogP contribution in [0, 0.1) is 11.7 Å². The van der Waals surface area contributed by atoms with Gasteiger partial charge in [0.25, 0.3) is 0 Å². The fourth-order valence-electron chi connectivity index (χ4n) is 3.39.